The largest absolute Gasteiger partial charge is 0.326 e. The Hall–Kier alpha value is -3.22. The number of hydrogen-bond acceptors (Lipinski definition) is 3. The zero-order valence-corrected chi connectivity index (χ0v) is 14.4. The fraction of sp³-hybridized carbons (Fsp3) is 0.211. The van der Waals surface area contributed by atoms with E-state index in [4.69, 9.17) is 0 Å². The molecule has 3 amide bonds. The number of fused-ring (bicyclic) bond motifs is 1. The minimum Gasteiger partial charge on any atom is -0.326 e. The minimum absolute atomic E-state index is 0.0795. The van der Waals surface area contributed by atoms with Gasteiger partial charge >= 0.3 is 0 Å². The number of amides is 3. The lowest BCUT2D eigenvalue weighted by Crippen LogP contribution is -2.45. The average molecular weight is 355 g/mol. The number of rotatable bonds is 2. The lowest BCUT2D eigenvalue weighted by molar-refractivity contribution is -0.126. The zero-order valence-electron chi connectivity index (χ0n) is 14.4. The molecule has 0 bridgehead atoms. The molecule has 0 saturated heterocycles. The summed E-state index contributed by atoms with van der Waals surface area (Å²) in [5, 5.41) is 2.54. The van der Waals surface area contributed by atoms with E-state index >= 15 is 0 Å². The molecule has 3 N–H and O–H groups in total. The smallest absolute Gasteiger partial charge is 0.269 e. The van der Waals surface area contributed by atoms with Gasteiger partial charge in [-0.15, -0.1) is 0 Å². The summed E-state index contributed by atoms with van der Waals surface area (Å²) in [4.78, 5) is 36.5. The van der Waals surface area contributed by atoms with E-state index in [1.54, 1.807) is 19.1 Å². The van der Waals surface area contributed by atoms with Crippen LogP contribution in [0.15, 0.2) is 36.4 Å². The van der Waals surface area contributed by atoms with E-state index < -0.39 is 23.5 Å². The van der Waals surface area contributed by atoms with Crippen LogP contribution < -0.4 is 16.2 Å². The Morgan fingerprint density at radius 2 is 1.88 bits per heavy atom. The van der Waals surface area contributed by atoms with Gasteiger partial charge in [-0.2, -0.15) is 0 Å². The van der Waals surface area contributed by atoms with Crippen LogP contribution in [0.4, 0.5) is 10.1 Å². The van der Waals surface area contributed by atoms with Crippen LogP contribution in [0.25, 0.3) is 0 Å². The van der Waals surface area contributed by atoms with Gasteiger partial charge in [0.25, 0.3) is 5.91 Å². The summed E-state index contributed by atoms with van der Waals surface area (Å²) < 4.78 is 13.3. The molecule has 0 fully saturated rings. The lowest BCUT2D eigenvalue weighted by atomic mass is 9.90. The molecule has 0 aliphatic carbocycles. The van der Waals surface area contributed by atoms with Gasteiger partial charge in [0, 0.05) is 17.7 Å². The summed E-state index contributed by atoms with van der Waals surface area (Å²) in [5.74, 6) is -2.68. The van der Waals surface area contributed by atoms with E-state index in [0.29, 0.717) is 11.1 Å². The van der Waals surface area contributed by atoms with Gasteiger partial charge in [0.05, 0.1) is 5.92 Å². The molecule has 1 heterocycles. The monoisotopic (exact) mass is 355 g/mol. The van der Waals surface area contributed by atoms with Crippen LogP contribution in [0, 0.1) is 19.7 Å². The Labute approximate surface area is 149 Å². The molecule has 1 aliphatic rings. The van der Waals surface area contributed by atoms with E-state index in [-0.39, 0.29) is 18.0 Å². The molecule has 0 aromatic heterocycles. The molecule has 26 heavy (non-hydrogen) atoms. The molecule has 134 valence electrons. The third-order valence-electron chi connectivity index (χ3n) is 4.30. The van der Waals surface area contributed by atoms with Gasteiger partial charge in [0.1, 0.15) is 5.82 Å². The number of halogens is 1. The van der Waals surface area contributed by atoms with Crippen molar-refractivity contribution >= 4 is 23.4 Å². The van der Waals surface area contributed by atoms with Gasteiger partial charge in [-0.25, -0.2) is 4.39 Å². The number of hydrogen-bond donors (Lipinski definition) is 3. The van der Waals surface area contributed by atoms with Crippen LogP contribution in [0.1, 0.15) is 39.4 Å². The summed E-state index contributed by atoms with van der Waals surface area (Å²) >= 11 is 0. The van der Waals surface area contributed by atoms with Gasteiger partial charge in [-0.05, 0) is 43.2 Å². The van der Waals surface area contributed by atoms with Crippen LogP contribution in [0.5, 0.6) is 0 Å². The summed E-state index contributed by atoms with van der Waals surface area (Å²) in [6.45, 7) is 3.73. The summed E-state index contributed by atoms with van der Waals surface area (Å²) in [6.07, 6.45) is -0.0795. The van der Waals surface area contributed by atoms with Crippen molar-refractivity contribution in [1.82, 2.24) is 10.9 Å². The Morgan fingerprint density at radius 1 is 1.12 bits per heavy atom. The van der Waals surface area contributed by atoms with Crippen molar-refractivity contribution in [3.63, 3.8) is 0 Å². The third-order valence-corrected chi connectivity index (χ3v) is 4.30. The second-order valence-corrected chi connectivity index (χ2v) is 6.30. The number of benzene rings is 2. The summed E-state index contributed by atoms with van der Waals surface area (Å²) in [5.41, 5.74) is 7.75. The maximum absolute atomic E-state index is 13.3. The molecule has 1 unspecified atom stereocenters. The first kappa shape index (κ1) is 17.6. The highest BCUT2D eigenvalue weighted by molar-refractivity contribution is 6.02. The number of carbonyl (C=O) groups excluding carboxylic acids is 3. The molecule has 0 saturated carbocycles. The highest BCUT2D eigenvalue weighted by Gasteiger charge is 2.31. The maximum Gasteiger partial charge on any atom is 0.269 e. The van der Waals surface area contributed by atoms with Crippen LogP contribution in [0.3, 0.4) is 0 Å². The molecule has 1 atom stereocenters. The summed E-state index contributed by atoms with van der Waals surface area (Å²) in [6, 6.07) is 9.21. The van der Waals surface area contributed by atoms with Gasteiger partial charge in [-0.1, -0.05) is 23.8 Å². The van der Waals surface area contributed by atoms with Crippen molar-refractivity contribution in [2.75, 3.05) is 5.32 Å². The van der Waals surface area contributed by atoms with E-state index in [0.717, 1.165) is 11.1 Å². The Morgan fingerprint density at radius 3 is 2.62 bits per heavy atom. The zero-order chi connectivity index (χ0) is 18.8. The first-order chi connectivity index (χ1) is 12.3. The van der Waals surface area contributed by atoms with Crippen molar-refractivity contribution in [1.29, 1.82) is 0 Å². The topological polar surface area (TPSA) is 87.3 Å². The number of nitrogens with one attached hydrogen (secondary N) is 3. The van der Waals surface area contributed by atoms with Crippen molar-refractivity contribution in [3.05, 3.63) is 64.5 Å². The molecule has 7 heteroatoms. The second-order valence-electron chi connectivity index (χ2n) is 6.30. The van der Waals surface area contributed by atoms with Crippen LogP contribution in [0.2, 0.25) is 0 Å². The second kappa shape index (κ2) is 6.95. The molecule has 6 nitrogen and oxygen atoms in total. The normalized spacial score (nSPS) is 15.7. The molecule has 2 aromatic rings. The van der Waals surface area contributed by atoms with Gasteiger partial charge in [0.15, 0.2) is 0 Å². The standard InChI is InChI=1S/C19H18FN3O3/c1-10-3-5-13(11(2)7-10)18(25)22-23-19(26)15-9-17(24)21-16-8-12(20)4-6-14(15)16/h3-8,15H,9H2,1-2H3,(H,21,24)(H,22,25)(H,23,26). The van der Waals surface area contributed by atoms with E-state index in [1.165, 1.54) is 18.2 Å². The van der Waals surface area contributed by atoms with Crippen molar-refractivity contribution in [3.8, 4) is 0 Å². The van der Waals surface area contributed by atoms with Gasteiger partial charge in [0.2, 0.25) is 11.8 Å². The van der Waals surface area contributed by atoms with Crippen LogP contribution in [-0.2, 0) is 9.59 Å². The maximum atomic E-state index is 13.3. The fourth-order valence-corrected chi connectivity index (χ4v) is 3.01. The van der Waals surface area contributed by atoms with Crippen molar-refractivity contribution in [2.45, 2.75) is 26.2 Å². The van der Waals surface area contributed by atoms with E-state index in [2.05, 4.69) is 16.2 Å². The highest BCUT2D eigenvalue weighted by atomic mass is 19.1. The summed E-state index contributed by atoms with van der Waals surface area (Å²) in [7, 11) is 0. The van der Waals surface area contributed by atoms with Crippen molar-refractivity contribution < 1.29 is 18.8 Å². The Kier molecular flexibility index (Phi) is 4.71. The lowest BCUT2D eigenvalue weighted by Gasteiger charge is -2.25. The molecule has 3 rings (SSSR count). The molecule has 1 aliphatic heterocycles. The minimum atomic E-state index is -0.807. The van der Waals surface area contributed by atoms with E-state index in [9.17, 15) is 18.8 Å². The van der Waals surface area contributed by atoms with Gasteiger partial charge in [-0.3, -0.25) is 25.2 Å². The number of carbonyl (C=O) groups is 3. The SMILES string of the molecule is Cc1ccc(C(=O)NNC(=O)C2CC(=O)Nc3cc(F)ccc32)c(C)c1. The van der Waals surface area contributed by atoms with Crippen LogP contribution in [-0.4, -0.2) is 17.7 Å². The molecular weight excluding hydrogens is 337 g/mol. The third kappa shape index (κ3) is 3.56. The quantitative estimate of drug-likeness (QED) is 0.723. The van der Waals surface area contributed by atoms with Gasteiger partial charge < -0.3 is 5.32 Å². The Balaban J connectivity index is 1.72. The van der Waals surface area contributed by atoms with Crippen molar-refractivity contribution in [2.24, 2.45) is 0 Å². The highest BCUT2D eigenvalue weighted by Crippen LogP contribution is 2.32. The number of hydrazine groups is 1. The average Bonchev–Trinajstić information content (AvgIpc) is 2.58. The molecule has 0 spiro atoms. The first-order valence-electron chi connectivity index (χ1n) is 8.12. The van der Waals surface area contributed by atoms with E-state index in [1.807, 2.05) is 13.0 Å². The Bertz CT molecular complexity index is 911. The van der Waals surface area contributed by atoms with Crippen LogP contribution >= 0.6 is 0 Å². The molecular formula is C19H18FN3O3. The number of aryl methyl sites for hydroxylation is 2. The predicted octanol–water partition coefficient (Wildman–Crippen LogP) is 2.33. The number of anilines is 1. The molecule has 0 radical (unpaired) electrons. The first-order valence-corrected chi connectivity index (χ1v) is 8.12. The fourth-order valence-electron chi connectivity index (χ4n) is 3.01. The predicted molar refractivity (Wildman–Crippen MR) is 93.9 cm³/mol. The molecule has 2 aromatic carbocycles.